The number of carbonyl (C=O) groups excluding carboxylic acids is 2. The van der Waals surface area contributed by atoms with Crippen LogP contribution >= 0.6 is 12.6 Å². The Morgan fingerprint density at radius 1 is 1.57 bits per heavy atom. The van der Waals surface area contributed by atoms with Gasteiger partial charge in [-0.25, -0.2) is 0 Å². The van der Waals surface area contributed by atoms with Crippen LogP contribution in [0.5, 0.6) is 0 Å². The topological polar surface area (TPSA) is 55.4 Å². The minimum atomic E-state index is -0.464. The second-order valence-corrected chi connectivity index (χ2v) is 5.11. The minimum absolute atomic E-state index is 0.0487. The van der Waals surface area contributed by atoms with Gasteiger partial charge in [0.05, 0.1) is 0 Å². The molecule has 0 fully saturated rings. The van der Waals surface area contributed by atoms with Crippen LogP contribution in [0.25, 0.3) is 0 Å². The molecule has 0 amide bonds. The standard InChI is InChI=1S/C8H15NO3SSe/c1-3-4-12-8(11)7(5-13)9-14-6(2)10/h7,9,13H,3-5H2,1-2H3. The Morgan fingerprint density at radius 3 is 2.64 bits per heavy atom. The van der Waals surface area contributed by atoms with Gasteiger partial charge in [0.25, 0.3) is 0 Å². The molecule has 6 heteroatoms. The van der Waals surface area contributed by atoms with E-state index in [1.807, 2.05) is 6.92 Å². The molecule has 4 nitrogen and oxygen atoms in total. The van der Waals surface area contributed by atoms with Gasteiger partial charge in [-0.3, -0.25) is 0 Å². The number of esters is 1. The zero-order valence-electron chi connectivity index (χ0n) is 8.28. The molecule has 1 N–H and O–H groups in total. The summed E-state index contributed by atoms with van der Waals surface area (Å²) < 4.78 is 7.81. The van der Waals surface area contributed by atoms with E-state index in [9.17, 15) is 9.59 Å². The second-order valence-electron chi connectivity index (χ2n) is 2.61. The molecule has 0 spiro atoms. The Morgan fingerprint density at radius 2 is 2.21 bits per heavy atom. The Balaban J connectivity index is 3.86. The van der Waals surface area contributed by atoms with Crippen LogP contribution in [0, 0.1) is 0 Å². The van der Waals surface area contributed by atoms with Crippen LogP contribution < -0.4 is 4.33 Å². The Hall–Kier alpha value is -0.0305. The van der Waals surface area contributed by atoms with Crippen LogP contribution in [0.15, 0.2) is 0 Å². The Kier molecular flexibility index (Phi) is 8.27. The number of ether oxygens (including phenoxy) is 1. The summed E-state index contributed by atoms with van der Waals surface area (Å²) in [5.74, 6) is 0.0161. The first-order chi connectivity index (χ1) is 6.61. The molecule has 0 saturated carbocycles. The summed E-state index contributed by atoms with van der Waals surface area (Å²) in [6.45, 7) is 3.83. The van der Waals surface area contributed by atoms with E-state index in [0.717, 1.165) is 6.42 Å². The van der Waals surface area contributed by atoms with E-state index in [-0.39, 0.29) is 25.8 Å². The van der Waals surface area contributed by atoms with Gasteiger partial charge >= 0.3 is 95.8 Å². The summed E-state index contributed by atoms with van der Waals surface area (Å²) in [6.07, 6.45) is 0.795. The van der Waals surface area contributed by atoms with Crippen LogP contribution in [0.3, 0.4) is 0 Å². The van der Waals surface area contributed by atoms with Gasteiger partial charge in [0, 0.05) is 0 Å². The summed E-state index contributed by atoms with van der Waals surface area (Å²) in [6, 6.07) is -0.464. The molecule has 0 aromatic rings. The van der Waals surface area contributed by atoms with Crippen LogP contribution in [-0.2, 0) is 14.3 Å². The van der Waals surface area contributed by atoms with Crippen molar-refractivity contribution in [3.05, 3.63) is 0 Å². The van der Waals surface area contributed by atoms with Crippen molar-refractivity contribution in [2.24, 2.45) is 0 Å². The maximum absolute atomic E-state index is 11.3. The van der Waals surface area contributed by atoms with E-state index in [1.165, 1.54) is 6.92 Å². The molecule has 0 aromatic heterocycles. The van der Waals surface area contributed by atoms with E-state index < -0.39 is 6.04 Å². The molecule has 0 saturated heterocycles. The summed E-state index contributed by atoms with van der Waals surface area (Å²) in [7, 11) is 0. The molecule has 0 aliphatic carbocycles. The van der Waals surface area contributed by atoms with E-state index in [1.54, 1.807) is 0 Å². The number of carbonyl (C=O) groups is 2. The van der Waals surface area contributed by atoms with Crippen molar-refractivity contribution in [1.29, 1.82) is 0 Å². The van der Waals surface area contributed by atoms with E-state index in [4.69, 9.17) is 4.74 Å². The number of nitrogens with one attached hydrogen (secondary N) is 1. The Bertz CT molecular complexity index is 201. The maximum atomic E-state index is 11.3. The summed E-state index contributed by atoms with van der Waals surface area (Å²) in [5.41, 5.74) is 0. The van der Waals surface area contributed by atoms with Gasteiger partial charge in [-0.1, -0.05) is 0 Å². The van der Waals surface area contributed by atoms with Gasteiger partial charge in [0.15, 0.2) is 0 Å². The molecule has 1 atom stereocenters. The third kappa shape index (κ3) is 6.43. The normalized spacial score (nSPS) is 12.2. The fourth-order valence-corrected chi connectivity index (χ4v) is 2.16. The van der Waals surface area contributed by atoms with E-state index >= 15 is 0 Å². The fourth-order valence-electron chi connectivity index (χ4n) is 0.617. The molecule has 0 rings (SSSR count). The van der Waals surface area contributed by atoms with Gasteiger partial charge in [-0.2, -0.15) is 0 Å². The van der Waals surface area contributed by atoms with Crippen molar-refractivity contribution in [1.82, 2.24) is 4.33 Å². The van der Waals surface area contributed by atoms with E-state index in [0.29, 0.717) is 12.4 Å². The monoisotopic (exact) mass is 285 g/mol. The molecule has 0 radical (unpaired) electrons. The predicted molar refractivity (Wildman–Crippen MR) is 58.5 cm³/mol. The predicted octanol–water partition coefficient (Wildman–Crippen LogP) is -0.00670. The SMILES string of the molecule is CCCOC(=O)C(CS)N[Se]C(C)=O. The van der Waals surface area contributed by atoms with Crippen LogP contribution in [0.1, 0.15) is 20.3 Å². The number of rotatable bonds is 7. The van der Waals surface area contributed by atoms with Crippen molar-refractivity contribution in [2.75, 3.05) is 12.4 Å². The molecule has 14 heavy (non-hydrogen) atoms. The van der Waals surface area contributed by atoms with Crippen molar-refractivity contribution in [3.8, 4) is 0 Å². The number of hydrogen-bond donors (Lipinski definition) is 2. The summed E-state index contributed by atoms with van der Waals surface area (Å²) >= 11 is 3.65. The molecule has 0 aliphatic heterocycles. The third-order valence-corrected chi connectivity index (χ3v) is 3.07. The average Bonchev–Trinajstić information content (AvgIpc) is 2.15. The van der Waals surface area contributed by atoms with Crippen LogP contribution in [0.4, 0.5) is 0 Å². The zero-order chi connectivity index (χ0) is 11.0. The van der Waals surface area contributed by atoms with Gasteiger partial charge in [-0.15, -0.1) is 0 Å². The van der Waals surface area contributed by atoms with E-state index in [2.05, 4.69) is 17.0 Å². The summed E-state index contributed by atoms with van der Waals surface area (Å²) in [5, 5.41) is 0. The second kappa shape index (κ2) is 8.29. The van der Waals surface area contributed by atoms with Crippen molar-refractivity contribution >= 4 is 38.5 Å². The molecule has 1 unspecified atom stereocenters. The number of hydrogen-bond acceptors (Lipinski definition) is 5. The first-order valence-corrected chi connectivity index (χ1v) is 6.66. The molecule has 0 aromatic carbocycles. The van der Waals surface area contributed by atoms with Crippen molar-refractivity contribution in [3.63, 3.8) is 0 Å². The third-order valence-electron chi connectivity index (χ3n) is 1.26. The zero-order valence-corrected chi connectivity index (χ0v) is 10.9. The van der Waals surface area contributed by atoms with Crippen LogP contribution in [0.2, 0.25) is 0 Å². The van der Waals surface area contributed by atoms with Crippen molar-refractivity contribution in [2.45, 2.75) is 26.3 Å². The van der Waals surface area contributed by atoms with Crippen molar-refractivity contribution < 1.29 is 14.3 Å². The van der Waals surface area contributed by atoms with Gasteiger partial charge < -0.3 is 0 Å². The quantitative estimate of drug-likeness (QED) is 0.392. The average molecular weight is 284 g/mol. The fraction of sp³-hybridized carbons (Fsp3) is 0.750. The number of thiol groups is 1. The molecule has 82 valence electrons. The van der Waals surface area contributed by atoms with Gasteiger partial charge in [0.2, 0.25) is 0 Å². The molecular weight excluding hydrogens is 269 g/mol. The molecule has 0 heterocycles. The molecule has 0 bridgehead atoms. The van der Waals surface area contributed by atoms with Gasteiger partial charge in [-0.05, 0) is 0 Å². The first kappa shape index (κ1) is 14.0. The Labute approximate surface area is 95.9 Å². The molecular formula is C8H15NO3SSe. The molecule has 0 aliphatic rings. The first-order valence-electron chi connectivity index (χ1n) is 4.32. The van der Waals surface area contributed by atoms with Crippen LogP contribution in [-0.4, -0.2) is 44.2 Å². The van der Waals surface area contributed by atoms with Gasteiger partial charge in [0.1, 0.15) is 0 Å². The summed E-state index contributed by atoms with van der Waals surface area (Å²) in [4.78, 5) is 22.0.